The lowest BCUT2D eigenvalue weighted by Crippen LogP contribution is -2.47. The van der Waals surface area contributed by atoms with Crippen molar-refractivity contribution >= 4 is 11.8 Å². The number of hydrogen-bond acceptors (Lipinski definition) is 4. The Morgan fingerprint density at radius 3 is 2.87 bits per heavy atom. The van der Waals surface area contributed by atoms with Gasteiger partial charge in [-0.05, 0) is 31.9 Å². The Labute approximate surface area is 133 Å². The van der Waals surface area contributed by atoms with Crippen LogP contribution in [-0.4, -0.2) is 39.1 Å². The van der Waals surface area contributed by atoms with Gasteiger partial charge in [-0.3, -0.25) is 14.3 Å². The number of carbonyl (C=O) groups excluding carboxylic acids is 2. The minimum atomic E-state index is -0.492. The Balaban J connectivity index is 1.60. The lowest BCUT2D eigenvalue weighted by molar-refractivity contribution is -0.125. The predicted octanol–water partition coefficient (Wildman–Crippen LogP) is 1.26. The van der Waals surface area contributed by atoms with E-state index < -0.39 is 6.04 Å². The summed E-state index contributed by atoms with van der Waals surface area (Å²) in [5, 5.41) is 7.25. The molecule has 1 saturated carbocycles. The van der Waals surface area contributed by atoms with Crippen LogP contribution >= 0.6 is 0 Å². The normalized spacial score (nSPS) is 20.2. The van der Waals surface area contributed by atoms with Gasteiger partial charge in [-0.1, -0.05) is 0 Å². The topological polar surface area (TPSA) is 80.4 Å². The summed E-state index contributed by atoms with van der Waals surface area (Å²) in [6.07, 6.45) is 5.23. The first kappa shape index (κ1) is 14.0. The number of aryl methyl sites for hydroxylation is 1. The number of fused-ring (bicyclic) bond motifs is 1. The third kappa shape index (κ3) is 2.52. The minimum Gasteiger partial charge on any atom is -0.459 e. The summed E-state index contributed by atoms with van der Waals surface area (Å²) in [7, 11) is 0. The molecule has 1 aliphatic carbocycles. The summed E-state index contributed by atoms with van der Waals surface area (Å²) in [4.78, 5) is 26.8. The van der Waals surface area contributed by atoms with Crippen LogP contribution in [0.1, 0.15) is 40.7 Å². The third-order valence-corrected chi connectivity index (χ3v) is 4.36. The largest absolute Gasteiger partial charge is 0.459 e. The fourth-order valence-corrected chi connectivity index (χ4v) is 2.90. The zero-order valence-corrected chi connectivity index (χ0v) is 12.9. The molecule has 1 N–H and O–H groups in total. The average Bonchev–Trinajstić information content (AvgIpc) is 3.06. The fraction of sp³-hybridized carbons (Fsp3) is 0.438. The molecule has 0 saturated heterocycles. The van der Waals surface area contributed by atoms with Gasteiger partial charge in [0.15, 0.2) is 5.76 Å². The number of nitrogens with zero attached hydrogens (tertiary/aromatic N) is 3. The highest BCUT2D eigenvalue weighted by molar-refractivity contribution is 5.93. The Bertz CT molecular complexity index is 759. The number of aromatic nitrogens is 2. The third-order valence-electron chi connectivity index (χ3n) is 4.36. The molecule has 4 rings (SSSR count). The Kier molecular flexibility index (Phi) is 3.21. The van der Waals surface area contributed by atoms with Gasteiger partial charge in [0.25, 0.3) is 5.91 Å². The molecule has 2 aliphatic rings. The highest BCUT2D eigenvalue weighted by atomic mass is 16.3. The quantitative estimate of drug-likeness (QED) is 0.925. The van der Waals surface area contributed by atoms with E-state index in [1.807, 2.05) is 13.0 Å². The summed E-state index contributed by atoms with van der Waals surface area (Å²) >= 11 is 0. The van der Waals surface area contributed by atoms with Crippen LogP contribution < -0.4 is 5.32 Å². The summed E-state index contributed by atoms with van der Waals surface area (Å²) in [5.41, 5.74) is 1.65. The lowest BCUT2D eigenvalue weighted by Gasteiger charge is -2.32. The number of rotatable bonds is 3. The van der Waals surface area contributed by atoms with E-state index in [0.29, 0.717) is 18.8 Å². The minimum absolute atomic E-state index is 0.0777. The molecule has 2 aromatic rings. The molecule has 0 radical (unpaired) electrons. The molecule has 0 spiro atoms. The molecule has 2 amide bonds. The van der Waals surface area contributed by atoms with E-state index >= 15 is 0 Å². The van der Waals surface area contributed by atoms with E-state index in [4.69, 9.17) is 4.42 Å². The zero-order chi connectivity index (χ0) is 16.0. The van der Waals surface area contributed by atoms with E-state index in [1.54, 1.807) is 21.8 Å². The second kappa shape index (κ2) is 5.26. The van der Waals surface area contributed by atoms with E-state index in [2.05, 4.69) is 10.4 Å². The first-order chi connectivity index (χ1) is 11.1. The molecular formula is C16H18N4O3. The van der Waals surface area contributed by atoms with Gasteiger partial charge >= 0.3 is 0 Å². The molecule has 7 heteroatoms. The number of furan rings is 1. The second-order valence-electron chi connectivity index (χ2n) is 6.18. The van der Waals surface area contributed by atoms with Crippen molar-refractivity contribution < 1.29 is 14.0 Å². The van der Waals surface area contributed by atoms with Crippen LogP contribution in [0, 0.1) is 6.92 Å². The van der Waals surface area contributed by atoms with Gasteiger partial charge in [-0.25, -0.2) is 0 Å². The summed E-state index contributed by atoms with van der Waals surface area (Å²) in [6, 6.07) is 3.39. The SMILES string of the molecule is Cc1ccoc1C(=O)N1Cc2ccnn2C(C(=O)NC2CC2)C1. The summed E-state index contributed by atoms with van der Waals surface area (Å²) in [5.74, 6) is 0.0644. The average molecular weight is 314 g/mol. The molecule has 0 aromatic carbocycles. The maximum absolute atomic E-state index is 12.7. The summed E-state index contributed by atoms with van der Waals surface area (Å²) < 4.78 is 7.02. The number of carbonyl (C=O) groups is 2. The fourth-order valence-electron chi connectivity index (χ4n) is 2.90. The molecule has 1 fully saturated rings. The van der Waals surface area contributed by atoms with Crippen molar-refractivity contribution in [2.24, 2.45) is 0 Å². The molecule has 1 atom stereocenters. The molecule has 120 valence electrons. The maximum Gasteiger partial charge on any atom is 0.290 e. The molecule has 3 heterocycles. The second-order valence-corrected chi connectivity index (χ2v) is 6.18. The zero-order valence-electron chi connectivity index (χ0n) is 12.9. The van der Waals surface area contributed by atoms with Crippen LogP contribution in [0.3, 0.4) is 0 Å². The number of nitrogens with one attached hydrogen (secondary N) is 1. The molecule has 7 nitrogen and oxygen atoms in total. The van der Waals surface area contributed by atoms with Crippen molar-refractivity contribution in [2.75, 3.05) is 6.54 Å². The Hall–Kier alpha value is -2.57. The van der Waals surface area contributed by atoms with Gasteiger partial charge in [-0.15, -0.1) is 0 Å². The van der Waals surface area contributed by atoms with Crippen LogP contribution in [0.4, 0.5) is 0 Å². The monoisotopic (exact) mass is 314 g/mol. The smallest absolute Gasteiger partial charge is 0.290 e. The van der Waals surface area contributed by atoms with Gasteiger partial charge in [0.1, 0.15) is 6.04 Å². The van der Waals surface area contributed by atoms with Crippen LogP contribution in [0.2, 0.25) is 0 Å². The predicted molar refractivity (Wildman–Crippen MR) is 80.6 cm³/mol. The van der Waals surface area contributed by atoms with Crippen molar-refractivity contribution in [1.29, 1.82) is 0 Å². The van der Waals surface area contributed by atoms with Crippen LogP contribution in [0.25, 0.3) is 0 Å². The van der Waals surface area contributed by atoms with E-state index in [0.717, 1.165) is 24.1 Å². The van der Waals surface area contributed by atoms with Crippen molar-refractivity contribution in [3.8, 4) is 0 Å². The number of amides is 2. The van der Waals surface area contributed by atoms with Gasteiger partial charge in [0, 0.05) is 17.8 Å². The molecule has 2 aromatic heterocycles. The Morgan fingerprint density at radius 1 is 1.35 bits per heavy atom. The first-order valence-electron chi connectivity index (χ1n) is 7.79. The van der Waals surface area contributed by atoms with Gasteiger partial charge in [-0.2, -0.15) is 5.10 Å². The van der Waals surface area contributed by atoms with Crippen LogP contribution in [0.5, 0.6) is 0 Å². The van der Waals surface area contributed by atoms with E-state index in [9.17, 15) is 9.59 Å². The van der Waals surface area contributed by atoms with E-state index in [-0.39, 0.29) is 17.9 Å². The van der Waals surface area contributed by atoms with Gasteiger partial charge in [0.2, 0.25) is 5.91 Å². The molecule has 1 aliphatic heterocycles. The lowest BCUT2D eigenvalue weighted by atomic mass is 10.1. The van der Waals surface area contributed by atoms with Crippen molar-refractivity contribution in [1.82, 2.24) is 20.0 Å². The van der Waals surface area contributed by atoms with Gasteiger partial charge in [0.05, 0.1) is 25.0 Å². The Morgan fingerprint density at radius 2 is 2.17 bits per heavy atom. The maximum atomic E-state index is 12.7. The number of hydrogen-bond donors (Lipinski definition) is 1. The first-order valence-corrected chi connectivity index (χ1v) is 7.79. The highest BCUT2D eigenvalue weighted by Gasteiger charge is 2.36. The van der Waals surface area contributed by atoms with Crippen molar-refractivity contribution in [3.63, 3.8) is 0 Å². The van der Waals surface area contributed by atoms with Crippen molar-refractivity contribution in [3.05, 3.63) is 41.6 Å². The van der Waals surface area contributed by atoms with Crippen LogP contribution in [0.15, 0.2) is 29.0 Å². The van der Waals surface area contributed by atoms with Crippen molar-refractivity contribution in [2.45, 2.75) is 38.4 Å². The summed E-state index contributed by atoms with van der Waals surface area (Å²) in [6.45, 7) is 2.56. The molecule has 23 heavy (non-hydrogen) atoms. The molecule has 0 bridgehead atoms. The van der Waals surface area contributed by atoms with Crippen LogP contribution in [-0.2, 0) is 11.3 Å². The van der Waals surface area contributed by atoms with E-state index in [1.165, 1.54) is 6.26 Å². The standard InChI is InChI=1S/C16H18N4O3/c1-10-5-7-23-14(10)16(22)19-8-12-4-6-17-20(12)13(9-19)15(21)18-11-2-3-11/h4-7,11,13H,2-3,8-9H2,1H3,(H,18,21). The molecule has 1 unspecified atom stereocenters. The molecular weight excluding hydrogens is 296 g/mol. The highest BCUT2D eigenvalue weighted by Crippen LogP contribution is 2.25. The van der Waals surface area contributed by atoms with Gasteiger partial charge < -0.3 is 14.6 Å².